The van der Waals surface area contributed by atoms with Gasteiger partial charge in [-0.2, -0.15) is 0 Å². The number of fused-ring (bicyclic) bond motifs is 6. The van der Waals surface area contributed by atoms with E-state index in [1.807, 2.05) is 36.4 Å². The first-order chi connectivity index (χ1) is 19.0. The molecule has 0 spiro atoms. The number of ether oxygens (including phenoxy) is 1. The van der Waals surface area contributed by atoms with Crippen LogP contribution in [0.5, 0.6) is 0 Å². The Morgan fingerprint density at radius 2 is 1.38 bits per heavy atom. The molecule has 7 rings (SSSR count). The van der Waals surface area contributed by atoms with Gasteiger partial charge >= 0.3 is 0 Å². The van der Waals surface area contributed by atoms with E-state index in [9.17, 15) is 13.9 Å². The molecule has 4 unspecified atom stereocenters. The van der Waals surface area contributed by atoms with Crippen LogP contribution in [-0.2, 0) is 4.74 Å². The Morgan fingerprint density at radius 3 is 2.05 bits per heavy atom. The van der Waals surface area contributed by atoms with Crippen LogP contribution in [0.15, 0.2) is 48.5 Å². The number of aliphatic hydroxyl groups is 1. The first-order valence-corrected chi connectivity index (χ1v) is 15.3. The van der Waals surface area contributed by atoms with Crippen LogP contribution in [-0.4, -0.2) is 72.4 Å². The van der Waals surface area contributed by atoms with Crippen LogP contribution < -0.4 is 0 Å². The summed E-state index contributed by atoms with van der Waals surface area (Å²) in [6.45, 7) is 4.46. The van der Waals surface area contributed by atoms with Crippen molar-refractivity contribution in [3.8, 4) is 0 Å². The zero-order valence-electron chi connectivity index (χ0n) is 22.9. The highest BCUT2D eigenvalue weighted by Gasteiger charge is 2.71. The van der Waals surface area contributed by atoms with Crippen molar-refractivity contribution in [1.82, 2.24) is 9.80 Å². The smallest absolute Gasteiger partial charge is 0.263 e. The number of hydrogen-bond acceptors (Lipinski definition) is 4. The van der Waals surface area contributed by atoms with Gasteiger partial charge in [0.2, 0.25) is 0 Å². The SMILES string of the molecule is O[C@@H](COC1CCCC2CCCCC21)CN1CCN(C2c3ccccc3[C@@H]3[C@H](c4ccccc42)C3(F)F)CC1. The molecular formula is C33H42F2N2O2. The van der Waals surface area contributed by atoms with Crippen LogP contribution >= 0.6 is 0 Å². The topological polar surface area (TPSA) is 35.9 Å². The lowest BCUT2D eigenvalue weighted by Crippen LogP contribution is -2.50. The second-order valence-corrected chi connectivity index (χ2v) is 12.8. The Labute approximate surface area is 231 Å². The predicted molar refractivity (Wildman–Crippen MR) is 148 cm³/mol. The van der Waals surface area contributed by atoms with Crippen LogP contribution in [0.4, 0.5) is 8.78 Å². The average Bonchev–Trinajstić information content (AvgIpc) is 3.58. The fraction of sp³-hybridized carbons (Fsp3) is 0.636. The second-order valence-electron chi connectivity index (χ2n) is 12.8. The molecule has 0 aromatic heterocycles. The quantitative estimate of drug-likeness (QED) is 0.494. The van der Waals surface area contributed by atoms with E-state index in [4.69, 9.17) is 4.74 Å². The summed E-state index contributed by atoms with van der Waals surface area (Å²) in [6, 6.07) is 15.7. The van der Waals surface area contributed by atoms with Crippen molar-refractivity contribution in [1.29, 1.82) is 0 Å². The van der Waals surface area contributed by atoms with Crippen molar-refractivity contribution in [2.45, 2.75) is 81.0 Å². The Hall–Kier alpha value is -1.86. The molecule has 7 atom stereocenters. The van der Waals surface area contributed by atoms with Gasteiger partial charge in [0.1, 0.15) is 0 Å². The van der Waals surface area contributed by atoms with Crippen LogP contribution in [0, 0.1) is 11.8 Å². The largest absolute Gasteiger partial charge is 0.389 e. The van der Waals surface area contributed by atoms with Gasteiger partial charge in [0.05, 0.1) is 36.7 Å². The molecule has 4 aliphatic carbocycles. The Bertz CT molecular complexity index is 1110. The number of nitrogens with zero attached hydrogens (tertiary/aromatic N) is 2. The normalized spacial score (nSPS) is 34.6. The standard InChI is InChI=1S/C33H42F2N2O2/c34-33(35)30-25-11-3-5-13-27(25)32(28-14-6-4-12-26(28)31(30)33)37-18-16-36(17-19-37)20-23(38)21-39-29-15-7-9-22-8-1-2-10-24(22)29/h3-6,11-14,22-24,29-32,38H,1-2,7-10,15-21H2/t22?,23-,24?,29?,30-,31+,32?/m1/s1. The predicted octanol–water partition coefficient (Wildman–Crippen LogP) is 5.96. The lowest BCUT2D eigenvalue weighted by atomic mass is 9.69. The number of piperazine rings is 1. The van der Waals surface area contributed by atoms with Crippen molar-refractivity contribution in [2.75, 3.05) is 39.3 Å². The van der Waals surface area contributed by atoms with E-state index in [2.05, 4.69) is 21.9 Å². The third-order valence-electron chi connectivity index (χ3n) is 10.6. The molecule has 4 fully saturated rings. The average molecular weight is 537 g/mol. The molecule has 1 saturated heterocycles. The van der Waals surface area contributed by atoms with E-state index >= 15 is 0 Å². The molecule has 39 heavy (non-hydrogen) atoms. The fourth-order valence-corrected chi connectivity index (χ4v) is 8.62. The van der Waals surface area contributed by atoms with E-state index in [1.165, 1.54) is 38.5 Å². The van der Waals surface area contributed by atoms with Gasteiger partial charge < -0.3 is 9.84 Å². The minimum atomic E-state index is -2.68. The molecule has 1 N–H and O–H groups in total. The monoisotopic (exact) mass is 536 g/mol. The number of hydrogen-bond donors (Lipinski definition) is 1. The number of rotatable bonds is 6. The second kappa shape index (κ2) is 10.5. The van der Waals surface area contributed by atoms with Crippen molar-refractivity contribution in [3.05, 3.63) is 70.8 Å². The zero-order valence-corrected chi connectivity index (χ0v) is 22.9. The third kappa shape index (κ3) is 4.75. The maximum Gasteiger partial charge on any atom is 0.263 e. The first kappa shape index (κ1) is 26.1. The van der Waals surface area contributed by atoms with E-state index in [-0.39, 0.29) is 6.04 Å². The molecule has 6 heteroatoms. The lowest BCUT2D eigenvalue weighted by Gasteiger charge is -2.42. The Morgan fingerprint density at radius 1 is 0.795 bits per heavy atom. The van der Waals surface area contributed by atoms with Crippen LogP contribution in [0.1, 0.15) is 85.1 Å². The minimum absolute atomic E-state index is 0.00820. The van der Waals surface area contributed by atoms with Gasteiger partial charge in [-0.15, -0.1) is 0 Å². The number of halogens is 2. The lowest BCUT2D eigenvalue weighted by molar-refractivity contribution is -0.0804. The van der Waals surface area contributed by atoms with Crippen molar-refractivity contribution >= 4 is 0 Å². The first-order valence-electron chi connectivity index (χ1n) is 15.3. The third-order valence-corrected chi connectivity index (χ3v) is 10.6. The van der Waals surface area contributed by atoms with E-state index in [1.54, 1.807) is 0 Å². The zero-order chi connectivity index (χ0) is 26.6. The minimum Gasteiger partial charge on any atom is -0.389 e. The highest BCUT2D eigenvalue weighted by Crippen LogP contribution is 2.70. The number of aliphatic hydroxyl groups excluding tert-OH is 1. The van der Waals surface area contributed by atoms with Gasteiger partial charge in [-0.05, 0) is 53.4 Å². The summed E-state index contributed by atoms with van der Waals surface area (Å²) in [6.07, 6.45) is 8.95. The van der Waals surface area contributed by atoms with Gasteiger partial charge in [-0.1, -0.05) is 74.2 Å². The number of alkyl halides is 2. The van der Waals surface area contributed by atoms with Gasteiger partial charge in [-0.3, -0.25) is 9.80 Å². The molecule has 210 valence electrons. The Kier molecular flexibility index (Phi) is 7.03. The molecule has 2 aromatic carbocycles. The maximum absolute atomic E-state index is 15.0. The molecule has 3 saturated carbocycles. The molecule has 2 aromatic rings. The van der Waals surface area contributed by atoms with Gasteiger partial charge in [0.15, 0.2) is 0 Å². The molecule has 0 amide bonds. The van der Waals surface area contributed by atoms with Crippen LogP contribution in [0.3, 0.4) is 0 Å². The van der Waals surface area contributed by atoms with E-state index in [0.29, 0.717) is 25.2 Å². The summed E-state index contributed by atoms with van der Waals surface area (Å²) in [5.74, 6) is -2.59. The van der Waals surface area contributed by atoms with Crippen molar-refractivity contribution < 1.29 is 18.6 Å². The molecule has 1 heterocycles. The summed E-state index contributed by atoms with van der Waals surface area (Å²) in [4.78, 5) is 4.81. The van der Waals surface area contributed by atoms with E-state index in [0.717, 1.165) is 60.8 Å². The number of β-amino-alcohol motifs (C(OH)–C–C–N with tert-alkyl or cyclic N) is 1. The van der Waals surface area contributed by atoms with Crippen molar-refractivity contribution in [3.63, 3.8) is 0 Å². The highest BCUT2D eigenvalue weighted by atomic mass is 19.3. The summed E-state index contributed by atoms with van der Waals surface area (Å²) < 4.78 is 36.3. The molecule has 0 bridgehead atoms. The summed E-state index contributed by atoms with van der Waals surface area (Å²) in [7, 11) is 0. The van der Waals surface area contributed by atoms with Crippen molar-refractivity contribution in [2.24, 2.45) is 11.8 Å². The summed E-state index contributed by atoms with van der Waals surface area (Å²) in [5.41, 5.74) is 3.69. The Balaban J connectivity index is 0.996. The summed E-state index contributed by atoms with van der Waals surface area (Å²) >= 11 is 0. The van der Waals surface area contributed by atoms with E-state index < -0.39 is 23.9 Å². The number of benzene rings is 2. The molecule has 0 radical (unpaired) electrons. The fourth-order valence-electron chi connectivity index (χ4n) is 8.62. The van der Waals surface area contributed by atoms with Gasteiger partial charge in [0, 0.05) is 32.7 Å². The van der Waals surface area contributed by atoms with Crippen LogP contribution in [0.2, 0.25) is 0 Å². The van der Waals surface area contributed by atoms with Gasteiger partial charge in [-0.25, -0.2) is 8.78 Å². The molecular weight excluding hydrogens is 494 g/mol. The maximum atomic E-state index is 15.0. The molecule has 4 nitrogen and oxygen atoms in total. The van der Waals surface area contributed by atoms with Gasteiger partial charge in [0.25, 0.3) is 5.92 Å². The molecule has 5 aliphatic rings. The van der Waals surface area contributed by atoms with Crippen LogP contribution in [0.25, 0.3) is 0 Å². The molecule has 1 aliphatic heterocycles. The highest BCUT2D eigenvalue weighted by molar-refractivity contribution is 5.56. The summed E-state index contributed by atoms with van der Waals surface area (Å²) in [5, 5.41) is 10.9.